The topological polar surface area (TPSA) is 84.2 Å². The number of tetrazole rings is 1. The molecule has 2 aromatic rings. The minimum absolute atomic E-state index is 0.0651. The third-order valence-corrected chi connectivity index (χ3v) is 3.98. The third-order valence-electron chi connectivity index (χ3n) is 3.98. The Balaban J connectivity index is 1.57. The van der Waals surface area contributed by atoms with Crippen LogP contribution in [0.2, 0.25) is 0 Å². The van der Waals surface area contributed by atoms with Crippen molar-refractivity contribution in [3.63, 3.8) is 0 Å². The van der Waals surface area contributed by atoms with Gasteiger partial charge in [-0.3, -0.25) is 9.59 Å². The number of piperazine rings is 1. The predicted molar refractivity (Wildman–Crippen MR) is 81.7 cm³/mol. The maximum atomic E-state index is 12.3. The molecule has 120 valence electrons. The van der Waals surface area contributed by atoms with Crippen molar-refractivity contribution in [3.05, 3.63) is 36.2 Å². The lowest BCUT2D eigenvalue weighted by atomic mass is 10.1. The molecule has 1 aliphatic heterocycles. The van der Waals surface area contributed by atoms with Gasteiger partial charge >= 0.3 is 0 Å². The number of hydrogen-bond acceptors (Lipinski definition) is 5. The number of rotatable bonds is 3. The van der Waals surface area contributed by atoms with Crippen molar-refractivity contribution in [2.75, 3.05) is 26.2 Å². The first-order valence-corrected chi connectivity index (χ1v) is 7.49. The van der Waals surface area contributed by atoms with E-state index in [1.807, 2.05) is 29.2 Å². The van der Waals surface area contributed by atoms with Crippen LogP contribution in [0.25, 0.3) is 5.69 Å². The summed E-state index contributed by atoms with van der Waals surface area (Å²) in [5.74, 6) is 0.152. The van der Waals surface area contributed by atoms with Crippen molar-refractivity contribution < 1.29 is 9.59 Å². The van der Waals surface area contributed by atoms with Gasteiger partial charge in [-0.15, -0.1) is 5.10 Å². The highest BCUT2D eigenvalue weighted by molar-refractivity contribution is 5.79. The van der Waals surface area contributed by atoms with Gasteiger partial charge in [0, 0.05) is 33.1 Å². The first-order chi connectivity index (χ1) is 11.1. The van der Waals surface area contributed by atoms with Crippen LogP contribution in [0.3, 0.4) is 0 Å². The first kappa shape index (κ1) is 15.1. The second-order valence-electron chi connectivity index (χ2n) is 5.48. The molecular weight excluding hydrogens is 296 g/mol. The molecule has 8 nitrogen and oxygen atoms in total. The quantitative estimate of drug-likeness (QED) is 0.789. The number of hydrogen-bond donors (Lipinski definition) is 0. The first-order valence-electron chi connectivity index (χ1n) is 7.49. The van der Waals surface area contributed by atoms with Crippen LogP contribution in [-0.2, 0) is 16.0 Å². The normalized spacial score (nSPS) is 14.8. The fourth-order valence-electron chi connectivity index (χ4n) is 2.60. The highest BCUT2D eigenvalue weighted by Crippen LogP contribution is 2.11. The zero-order chi connectivity index (χ0) is 16.2. The number of amides is 2. The Kier molecular flexibility index (Phi) is 4.31. The molecule has 1 aromatic heterocycles. The fourth-order valence-corrected chi connectivity index (χ4v) is 2.60. The van der Waals surface area contributed by atoms with Gasteiger partial charge in [0.15, 0.2) is 0 Å². The van der Waals surface area contributed by atoms with Crippen LogP contribution < -0.4 is 0 Å². The van der Waals surface area contributed by atoms with Gasteiger partial charge in [-0.1, -0.05) is 12.1 Å². The minimum atomic E-state index is 0.0651. The van der Waals surface area contributed by atoms with Crippen LogP contribution >= 0.6 is 0 Å². The summed E-state index contributed by atoms with van der Waals surface area (Å²) < 4.78 is 1.56. The molecule has 0 saturated carbocycles. The summed E-state index contributed by atoms with van der Waals surface area (Å²) in [6.45, 7) is 3.98. The van der Waals surface area contributed by atoms with E-state index in [2.05, 4.69) is 15.5 Å². The molecule has 1 fully saturated rings. The van der Waals surface area contributed by atoms with Crippen molar-refractivity contribution in [2.24, 2.45) is 0 Å². The summed E-state index contributed by atoms with van der Waals surface area (Å²) in [5, 5.41) is 11.0. The number of nitrogens with zero attached hydrogens (tertiary/aromatic N) is 6. The average molecular weight is 314 g/mol. The van der Waals surface area contributed by atoms with Crippen molar-refractivity contribution in [2.45, 2.75) is 13.3 Å². The van der Waals surface area contributed by atoms with Gasteiger partial charge in [0.1, 0.15) is 6.33 Å². The molecule has 2 heterocycles. The molecule has 1 aliphatic rings. The largest absolute Gasteiger partial charge is 0.339 e. The summed E-state index contributed by atoms with van der Waals surface area (Å²) in [6.07, 6.45) is 1.88. The SMILES string of the molecule is CC(=O)N1CCN(C(=O)Cc2ccc(-n3cnnn3)cc2)CC1. The van der Waals surface area contributed by atoms with Crippen molar-refractivity contribution in [1.29, 1.82) is 0 Å². The molecule has 23 heavy (non-hydrogen) atoms. The van der Waals surface area contributed by atoms with Crippen molar-refractivity contribution in [3.8, 4) is 5.69 Å². The van der Waals surface area contributed by atoms with Crippen molar-refractivity contribution in [1.82, 2.24) is 30.0 Å². The van der Waals surface area contributed by atoms with E-state index in [-0.39, 0.29) is 11.8 Å². The maximum absolute atomic E-state index is 12.3. The minimum Gasteiger partial charge on any atom is -0.339 e. The zero-order valence-electron chi connectivity index (χ0n) is 12.9. The number of benzene rings is 1. The van der Waals surface area contributed by atoms with Crippen LogP contribution in [0.15, 0.2) is 30.6 Å². The van der Waals surface area contributed by atoms with Crippen LogP contribution in [0.5, 0.6) is 0 Å². The van der Waals surface area contributed by atoms with E-state index in [1.165, 1.54) is 6.33 Å². The Hall–Kier alpha value is -2.77. The Morgan fingerprint density at radius 2 is 1.70 bits per heavy atom. The molecule has 8 heteroatoms. The van der Waals surface area contributed by atoms with Crippen LogP contribution in [0.4, 0.5) is 0 Å². The van der Waals surface area contributed by atoms with E-state index >= 15 is 0 Å². The van der Waals surface area contributed by atoms with Gasteiger partial charge in [0.05, 0.1) is 12.1 Å². The van der Waals surface area contributed by atoms with E-state index in [0.717, 1.165) is 11.3 Å². The molecule has 0 bridgehead atoms. The lowest BCUT2D eigenvalue weighted by molar-refractivity contribution is -0.138. The van der Waals surface area contributed by atoms with Crippen LogP contribution in [-0.4, -0.2) is 68.0 Å². The monoisotopic (exact) mass is 314 g/mol. The smallest absolute Gasteiger partial charge is 0.227 e. The van der Waals surface area contributed by atoms with E-state index < -0.39 is 0 Å². The van der Waals surface area contributed by atoms with E-state index in [9.17, 15) is 9.59 Å². The number of carbonyl (C=O) groups excluding carboxylic acids is 2. The predicted octanol–water partition coefficient (Wildman–Crippen LogP) is -0.104. The van der Waals surface area contributed by atoms with Gasteiger partial charge in [-0.25, -0.2) is 4.68 Å². The molecule has 0 atom stereocenters. The summed E-state index contributed by atoms with van der Waals surface area (Å²) in [6, 6.07) is 7.57. The Bertz CT molecular complexity index is 675. The second-order valence-corrected chi connectivity index (χ2v) is 5.48. The maximum Gasteiger partial charge on any atom is 0.227 e. The highest BCUT2D eigenvalue weighted by Gasteiger charge is 2.22. The molecule has 1 saturated heterocycles. The van der Waals surface area contributed by atoms with Gasteiger partial charge in [-0.05, 0) is 28.1 Å². The van der Waals surface area contributed by atoms with E-state index in [4.69, 9.17) is 0 Å². The van der Waals surface area contributed by atoms with Gasteiger partial charge in [0.2, 0.25) is 11.8 Å². The third kappa shape index (κ3) is 3.53. The zero-order valence-corrected chi connectivity index (χ0v) is 12.9. The average Bonchev–Trinajstić information content (AvgIpc) is 3.10. The summed E-state index contributed by atoms with van der Waals surface area (Å²) in [7, 11) is 0. The van der Waals surface area contributed by atoms with Crippen LogP contribution in [0, 0.1) is 0 Å². The van der Waals surface area contributed by atoms with E-state index in [1.54, 1.807) is 16.5 Å². The molecule has 0 aliphatic carbocycles. The molecule has 2 amide bonds. The molecule has 0 N–H and O–H groups in total. The molecule has 1 aromatic carbocycles. The molecular formula is C15H18N6O2. The summed E-state index contributed by atoms with van der Waals surface area (Å²) in [4.78, 5) is 27.2. The molecule has 0 radical (unpaired) electrons. The Labute approximate surface area is 133 Å². The van der Waals surface area contributed by atoms with Crippen molar-refractivity contribution >= 4 is 11.8 Å². The Morgan fingerprint density at radius 1 is 1.04 bits per heavy atom. The Morgan fingerprint density at radius 3 is 2.26 bits per heavy atom. The molecule has 0 unspecified atom stereocenters. The molecule has 3 rings (SSSR count). The second kappa shape index (κ2) is 6.55. The summed E-state index contributed by atoms with van der Waals surface area (Å²) >= 11 is 0. The van der Waals surface area contributed by atoms with Gasteiger partial charge in [-0.2, -0.15) is 0 Å². The van der Waals surface area contributed by atoms with Gasteiger partial charge < -0.3 is 9.80 Å². The number of carbonyl (C=O) groups is 2. The fraction of sp³-hybridized carbons (Fsp3) is 0.400. The van der Waals surface area contributed by atoms with Gasteiger partial charge in [0.25, 0.3) is 0 Å². The van der Waals surface area contributed by atoms with Crippen LogP contribution in [0.1, 0.15) is 12.5 Å². The standard InChI is InChI=1S/C15H18N6O2/c1-12(22)19-6-8-20(9-7-19)15(23)10-13-2-4-14(5-3-13)21-11-16-17-18-21/h2-5,11H,6-10H2,1H3. The lowest BCUT2D eigenvalue weighted by Gasteiger charge is -2.34. The number of aromatic nitrogens is 4. The highest BCUT2D eigenvalue weighted by atomic mass is 16.2. The lowest BCUT2D eigenvalue weighted by Crippen LogP contribution is -2.50. The van der Waals surface area contributed by atoms with E-state index in [0.29, 0.717) is 32.6 Å². The summed E-state index contributed by atoms with van der Waals surface area (Å²) in [5.41, 5.74) is 1.79. The molecule has 0 spiro atoms.